The van der Waals surface area contributed by atoms with Crippen LogP contribution in [0, 0.1) is 5.92 Å². The summed E-state index contributed by atoms with van der Waals surface area (Å²) in [6.45, 7) is 7.17. The SMILES string of the molecule is C[Si](C)(C)CC[C@H]1C=Cc2ccccc2[C@H]1O. The standard InChI is InChI=1S/C15H22OSi/c1-17(2,3)11-10-13-9-8-12-6-4-5-7-14(12)15(13)16/h4-9,13,15-16H,10-11H2,1-3H3/t13-,15+/m1/s1. The summed E-state index contributed by atoms with van der Waals surface area (Å²) >= 11 is 0. The zero-order chi connectivity index (χ0) is 12.5. The van der Waals surface area contributed by atoms with E-state index < -0.39 is 8.07 Å². The minimum Gasteiger partial charge on any atom is -0.388 e. The van der Waals surface area contributed by atoms with Crippen molar-refractivity contribution in [1.29, 1.82) is 0 Å². The highest BCUT2D eigenvalue weighted by molar-refractivity contribution is 6.76. The van der Waals surface area contributed by atoms with Crippen LogP contribution in [0.25, 0.3) is 6.08 Å². The molecule has 1 aromatic carbocycles. The minimum atomic E-state index is -1.01. The van der Waals surface area contributed by atoms with Crippen molar-refractivity contribution >= 4 is 14.1 Å². The predicted molar refractivity (Wildman–Crippen MR) is 76.7 cm³/mol. The Labute approximate surface area is 105 Å². The Balaban J connectivity index is 2.10. The van der Waals surface area contributed by atoms with Crippen LogP contribution < -0.4 is 0 Å². The van der Waals surface area contributed by atoms with E-state index in [1.807, 2.05) is 18.2 Å². The third-order valence-corrected chi connectivity index (χ3v) is 5.26. The second-order valence-corrected chi connectivity index (χ2v) is 11.8. The molecule has 1 nitrogen and oxygen atoms in total. The molecule has 92 valence electrons. The van der Waals surface area contributed by atoms with E-state index in [1.165, 1.54) is 11.6 Å². The molecule has 2 rings (SSSR count). The van der Waals surface area contributed by atoms with E-state index in [9.17, 15) is 5.11 Å². The van der Waals surface area contributed by atoms with Gasteiger partial charge in [0.25, 0.3) is 0 Å². The molecule has 0 fully saturated rings. The quantitative estimate of drug-likeness (QED) is 0.796. The fraction of sp³-hybridized carbons (Fsp3) is 0.467. The van der Waals surface area contributed by atoms with E-state index in [1.54, 1.807) is 0 Å². The van der Waals surface area contributed by atoms with Crippen molar-refractivity contribution in [2.75, 3.05) is 0 Å². The van der Waals surface area contributed by atoms with Crippen molar-refractivity contribution < 1.29 is 5.11 Å². The van der Waals surface area contributed by atoms with Crippen LogP contribution >= 0.6 is 0 Å². The minimum absolute atomic E-state index is 0.302. The topological polar surface area (TPSA) is 20.2 Å². The molecule has 0 radical (unpaired) electrons. The molecule has 0 saturated carbocycles. The van der Waals surface area contributed by atoms with Crippen LogP contribution in [0.1, 0.15) is 23.7 Å². The van der Waals surface area contributed by atoms with Crippen LogP contribution in [-0.4, -0.2) is 13.2 Å². The smallest absolute Gasteiger partial charge is 0.0858 e. The molecule has 0 saturated heterocycles. The van der Waals surface area contributed by atoms with Crippen molar-refractivity contribution in [3.8, 4) is 0 Å². The first-order valence-corrected chi connectivity index (χ1v) is 10.1. The lowest BCUT2D eigenvalue weighted by Crippen LogP contribution is -2.23. The van der Waals surface area contributed by atoms with E-state index in [0.29, 0.717) is 5.92 Å². The largest absolute Gasteiger partial charge is 0.388 e. The van der Waals surface area contributed by atoms with Gasteiger partial charge in [0.15, 0.2) is 0 Å². The molecule has 1 aliphatic carbocycles. The van der Waals surface area contributed by atoms with Gasteiger partial charge in [0.05, 0.1) is 6.10 Å². The maximum absolute atomic E-state index is 10.4. The van der Waals surface area contributed by atoms with Gasteiger partial charge in [0.2, 0.25) is 0 Å². The predicted octanol–water partition coefficient (Wildman–Crippen LogP) is 4.09. The number of hydrogen-bond acceptors (Lipinski definition) is 1. The van der Waals surface area contributed by atoms with Crippen molar-refractivity contribution in [3.63, 3.8) is 0 Å². The van der Waals surface area contributed by atoms with E-state index in [0.717, 1.165) is 12.0 Å². The zero-order valence-electron chi connectivity index (χ0n) is 11.0. The van der Waals surface area contributed by atoms with Crippen molar-refractivity contribution in [2.45, 2.75) is 38.2 Å². The first-order valence-electron chi connectivity index (χ1n) is 6.42. The molecule has 0 aliphatic heterocycles. The molecule has 1 aliphatic rings. The number of rotatable bonds is 3. The van der Waals surface area contributed by atoms with Crippen LogP contribution in [-0.2, 0) is 0 Å². The molecule has 0 aromatic heterocycles. The summed E-state index contributed by atoms with van der Waals surface area (Å²) < 4.78 is 0. The normalized spacial score (nSPS) is 23.5. The Morgan fingerprint density at radius 1 is 1.18 bits per heavy atom. The molecule has 17 heavy (non-hydrogen) atoms. The van der Waals surface area contributed by atoms with E-state index in [4.69, 9.17) is 0 Å². The molecular formula is C15H22OSi. The average Bonchev–Trinajstić information content (AvgIpc) is 2.27. The fourth-order valence-electron chi connectivity index (χ4n) is 2.35. The molecule has 0 heterocycles. The molecule has 1 aromatic rings. The summed E-state index contributed by atoms with van der Waals surface area (Å²) in [6, 6.07) is 9.44. The van der Waals surface area contributed by atoms with Gasteiger partial charge in [-0.1, -0.05) is 62.1 Å². The monoisotopic (exact) mass is 246 g/mol. The molecule has 0 spiro atoms. The fourth-order valence-corrected chi connectivity index (χ4v) is 3.55. The second kappa shape index (κ2) is 4.79. The number of benzene rings is 1. The Hall–Kier alpha value is -0.863. The summed E-state index contributed by atoms with van der Waals surface area (Å²) in [5.41, 5.74) is 2.26. The Bertz CT molecular complexity index is 417. The van der Waals surface area contributed by atoms with Crippen molar-refractivity contribution in [3.05, 3.63) is 41.5 Å². The molecule has 2 heteroatoms. The van der Waals surface area contributed by atoms with Gasteiger partial charge in [-0.15, -0.1) is 0 Å². The number of hydrogen-bond donors (Lipinski definition) is 1. The van der Waals surface area contributed by atoms with Crippen LogP contribution in [0.2, 0.25) is 25.7 Å². The van der Waals surface area contributed by atoms with Gasteiger partial charge in [-0.2, -0.15) is 0 Å². The Kier molecular flexibility index (Phi) is 3.55. The zero-order valence-corrected chi connectivity index (χ0v) is 12.0. The average molecular weight is 246 g/mol. The lowest BCUT2D eigenvalue weighted by atomic mass is 9.85. The highest BCUT2D eigenvalue weighted by Crippen LogP contribution is 2.35. The first-order chi connectivity index (χ1) is 7.97. The summed E-state index contributed by atoms with van der Waals surface area (Å²) in [4.78, 5) is 0. The van der Waals surface area contributed by atoms with Gasteiger partial charge in [0.1, 0.15) is 0 Å². The van der Waals surface area contributed by atoms with Gasteiger partial charge in [0, 0.05) is 14.0 Å². The van der Waals surface area contributed by atoms with Gasteiger partial charge < -0.3 is 5.11 Å². The lowest BCUT2D eigenvalue weighted by Gasteiger charge is -2.27. The van der Waals surface area contributed by atoms with Crippen molar-refractivity contribution in [1.82, 2.24) is 0 Å². The van der Waals surface area contributed by atoms with Gasteiger partial charge in [-0.3, -0.25) is 0 Å². The van der Waals surface area contributed by atoms with Gasteiger partial charge in [-0.05, 0) is 17.5 Å². The maximum Gasteiger partial charge on any atom is 0.0858 e. The second-order valence-electron chi connectivity index (χ2n) is 6.20. The Morgan fingerprint density at radius 2 is 1.88 bits per heavy atom. The number of aliphatic hydroxyl groups is 1. The number of fused-ring (bicyclic) bond motifs is 1. The van der Waals surface area contributed by atoms with Crippen LogP contribution in [0.15, 0.2) is 30.3 Å². The van der Waals surface area contributed by atoms with Crippen LogP contribution in [0.5, 0.6) is 0 Å². The molecule has 0 unspecified atom stereocenters. The molecule has 0 bridgehead atoms. The van der Waals surface area contributed by atoms with E-state index in [-0.39, 0.29) is 6.10 Å². The third-order valence-electron chi connectivity index (χ3n) is 3.47. The molecule has 2 atom stereocenters. The van der Waals surface area contributed by atoms with Crippen LogP contribution in [0.4, 0.5) is 0 Å². The van der Waals surface area contributed by atoms with Gasteiger partial charge >= 0.3 is 0 Å². The summed E-state index contributed by atoms with van der Waals surface area (Å²) in [5.74, 6) is 0.302. The summed E-state index contributed by atoms with van der Waals surface area (Å²) in [5, 5.41) is 10.4. The third kappa shape index (κ3) is 3.08. The summed E-state index contributed by atoms with van der Waals surface area (Å²) in [7, 11) is -1.01. The lowest BCUT2D eigenvalue weighted by molar-refractivity contribution is 0.127. The first kappa shape index (κ1) is 12.6. The molecule has 1 N–H and O–H groups in total. The van der Waals surface area contributed by atoms with Crippen molar-refractivity contribution in [2.24, 2.45) is 5.92 Å². The highest BCUT2D eigenvalue weighted by Gasteiger charge is 2.25. The number of aliphatic hydroxyl groups excluding tert-OH is 1. The highest BCUT2D eigenvalue weighted by atomic mass is 28.3. The van der Waals surface area contributed by atoms with E-state index >= 15 is 0 Å². The molecule has 0 amide bonds. The van der Waals surface area contributed by atoms with Gasteiger partial charge in [-0.25, -0.2) is 0 Å². The summed E-state index contributed by atoms with van der Waals surface area (Å²) in [6.07, 6.45) is 5.15. The van der Waals surface area contributed by atoms with E-state index in [2.05, 4.69) is 37.9 Å². The molecular weight excluding hydrogens is 224 g/mol. The van der Waals surface area contributed by atoms with Crippen LogP contribution in [0.3, 0.4) is 0 Å². The Morgan fingerprint density at radius 3 is 2.59 bits per heavy atom. The maximum atomic E-state index is 10.4.